The quantitative estimate of drug-likeness (QED) is 0.609. The first-order valence-corrected chi connectivity index (χ1v) is 6.33. The molecule has 0 atom stereocenters. The lowest BCUT2D eigenvalue weighted by Crippen LogP contribution is -2.12. The fraction of sp³-hybridized carbons (Fsp3) is 0.429. The lowest BCUT2D eigenvalue weighted by atomic mass is 10.1. The van der Waals surface area contributed by atoms with E-state index in [1.807, 2.05) is 0 Å². The molecule has 0 aliphatic rings. The number of carboxylic acid groups (broad SMARTS) is 1. The van der Waals surface area contributed by atoms with Crippen LogP contribution in [0.4, 0.5) is 4.79 Å². The third-order valence-corrected chi connectivity index (χ3v) is 2.60. The molecule has 1 aromatic rings. The summed E-state index contributed by atoms with van der Waals surface area (Å²) in [6, 6.07) is 3.19. The molecule has 0 fully saturated rings. The highest BCUT2D eigenvalue weighted by atomic mass is 16.7. The molecule has 0 aliphatic carbocycles. The van der Waals surface area contributed by atoms with Gasteiger partial charge in [0.2, 0.25) is 5.75 Å². The Morgan fingerprint density at radius 3 is 2.14 bits per heavy atom. The molecule has 0 saturated heterocycles. The molecule has 0 radical (unpaired) electrons. The minimum absolute atomic E-state index is 0.0234. The molecule has 0 spiro atoms. The lowest BCUT2D eigenvalue weighted by molar-refractivity contribution is -0.136. The number of aliphatic carboxylic acids is 1. The maximum atomic E-state index is 11.4. The third kappa shape index (κ3) is 4.87. The van der Waals surface area contributed by atoms with Gasteiger partial charge in [0.05, 0.1) is 20.8 Å². The zero-order chi connectivity index (χ0) is 15.8. The Hall–Kier alpha value is -2.44. The highest BCUT2D eigenvalue weighted by Gasteiger charge is 2.18. The summed E-state index contributed by atoms with van der Waals surface area (Å²) in [4.78, 5) is 22.0. The molecule has 116 valence electrons. The normalized spacial score (nSPS) is 9.86. The van der Waals surface area contributed by atoms with E-state index in [-0.39, 0.29) is 30.3 Å². The summed E-state index contributed by atoms with van der Waals surface area (Å²) < 4.78 is 20.1. The van der Waals surface area contributed by atoms with Crippen LogP contribution in [-0.4, -0.2) is 38.1 Å². The van der Waals surface area contributed by atoms with Crippen molar-refractivity contribution in [1.82, 2.24) is 0 Å². The monoisotopic (exact) mass is 298 g/mol. The first-order valence-electron chi connectivity index (χ1n) is 6.33. The van der Waals surface area contributed by atoms with Gasteiger partial charge in [0, 0.05) is 6.42 Å². The number of carbonyl (C=O) groups excluding carboxylic acids is 1. The Labute approximate surface area is 122 Å². The van der Waals surface area contributed by atoms with Gasteiger partial charge in [0.1, 0.15) is 0 Å². The van der Waals surface area contributed by atoms with Gasteiger partial charge >= 0.3 is 12.1 Å². The van der Waals surface area contributed by atoms with Gasteiger partial charge in [-0.1, -0.05) is 0 Å². The van der Waals surface area contributed by atoms with Crippen molar-refractivity contribution in [2.24, 2.45) is 0 Å². The van der Waals surface area contributed by atoms with Gasteiger partial charge in [-0.3, -0.25) is 4.79 Å². The predicted molar refractivity (Wildman–Crippen MR) is 73.2 cm³/mol. The molecular weight excluding hydrogens is 280 g/mol. The average molecular weight is 298 g/mol. The SMILES string of the molecule is CCOC(=O)Oc1c(OC)cc(CCC(=O)O)cc1OC. The van der Waals surface area contributed by atoms with E-state index < -0.39 is 12.1 Å². The standard InChI is InChI=1S/C14H18O7/c1-4-20-14(17)21-13-10(18-2)7-9(5-6-12(15)16)8-11(13)19-3/h7-8H,4-6H2,1-3H3,(H,15,16). The molecule has 1 rings (SSSR count). The van der Waals surface area contributed by atoms with Crippen LogP contribution in [0, 0.1) is 0 Å². The second kappa shape index (κ2) is 7.98. The van der Waals surface area contributed by atoms with E-state index in [0.717, 1.165) is 0 Å². The molecule has 0 unspecified atom stereocenters. The van der Waals surface area contributed by atoms with E-state index in [4.69, 9.17) is 24.1 Å². The smallest absolute Gasteiger partial charge is 0.493 e. The van der Waals surface area contributed by atoms with Gasteiger partial charge in [-0.2, -0.15) is 0 Å². The van der Waals surface area contributed by atoms with Gasteiger partial charge in [-0.25, -0.2) is 4.79 Å². The van der Waals surface area contributed by atoms with Crippen LogP contribution >= 0.6 is 0 Å². The van der Waals surface area contributed by atoms with E-state index in [0.29, 0.717) is 12.0 Å². The third-order valence-electron chi connectivity index (χ3n) is 2.60. The number of carboxylic acids is 1. The number of hydrogen-bond donors (Lipinski definition) is 1. The number of aryl methyl sites for hydroxylation is 1. The van der Waals surface area contributed by atoms with Crippen molar-refractivity contribution < 1.29 is 33.6 Å². The van der Waals surface area contributed by atoms with Crippen LogP contribution in [0.15, 0.2) is 12.1 Å². The van der Waals surface area contributed by atoms with E-state index in [1.165, 1.54) is 14.2 Å². The number of methoxy groups -OCH3 is 2. The maximum absolute atomic E-state index is 11.4. The first-order chi connectivity index (χ1) is 10.0. The first kappa shape index (κ1) is 16.6. The molecular formula is C14H18O7. The molecule has 0 aromatic heterocycles. The summed E-state index contributed by atoms with van der Waals surface area (Å²) >= 11 is 0. The van der Waals surface area contributed by atoms with Crippen molar-refractivity contribution in [3.63, 3.8) is 0 Å². The van der Waals surface area contributed by atoms with Crippen molar-refractivity contribution in [2.45, 2.75) is 19.8 Å². The predicted octanol–water partition coefficient (Wildman–Crippen LogP) is 2.26. The van der Waals surface area contributed by atoms with Gasteiger partial charge in [-0.05, 0) is 31.0 Å². The summed E-state index contributed by atoms with van der Waals surface area (Å²) in [6.45, 7) is 1.84. The lowest BCUT2D eigenvalue weighted by Gasteiger charge is -2.14. The van der Waals surface area contributed by atoms with Crippen LogP contribution in [0.1, 0.15) is 18.9 Å². The molecule has 7 nitrogen and oxygen atoms in total. The van der Waals surface area contributed by atoms with Crippen molar-refractivity contribution in [3.8, 4) is 17.2 Å². The minimum Gasteiger partial charge on any atom is -0.493 e. The van der Waals surface area contributed by atoms with Crippen LogP contribution in [0.3, 0.4) is 0 Å². The van der Waals surface area contributed by atoms with Crippen molar-refractivity contribution >= 4 is 12.1 Å². The van der Waals surface area contributed by atoms with Gasteiger partial charge in [0.25, 0.3) is 0 Å². The zero-order valence-corrected chi connectivity index (χ0v) is 12.2. The van der Waals surface area contributed by atoms with Crippen LogP contribution in [-0.2, 0) is 16.0 Å². The number of ether oxygens (including phenoxy) is 4. The maximum Gasteiger partial charge on any atom is 0.514 e. The van der Waals surface area contributed by atoms with Gasteiger partial charge < -0.3 is 24.1 Å². The Balaban J connectivity index is 3.06. The highest BCUT2D eigenvalue weighted by Crippen LogP contribution is 2.39. The van der Waals surface area contributed by atoms with Crippen LogP contribution in [0.2, 0.25) is 0 Å². The fourth-order valence-electron chi connectivity index (χ4n) is 1.66. The van der Waals surface area contributed by atoms with Crippen molar-refractivity contribution in [1.29, 1.82) is 0 Å². The second-order valence-electron chi connectivity index (χ2n) is 4.01. The summed E-state index contributed by atoms with van der Waals surface area (Å²) in [7, 11) is 2.82. The number of rotatable bonds is 7. The van der Waals surface area contributed by atoms with E-state index in [2.05, 4.69) is 0 Å². The topological polar surface area (TPSA) is 91.3 Å². The van der Waals surface area contributed by atoms with E-state index in [9.17, 15) is 9.59 Å². The summed E-state index contributed by atoms with van der Waals surface area (Å²) in [5.74, 6) is -0.275. The number of benzene rings is 1. The van der Waals surface area contributed by atoms with Crippen molar-refractivity contribution in [2.75, 3.05) is 20.8 Å². The molecule has 21 heavy (non-hydrogen) atoms. The summed E-state index contributed by atoms with van der Waals surface area (Å²) in [5.41, 5.74) is 0.697. The largest absolute Gasteiger partial charge is 0.514 e. The Morgan fingerprint density at radius 2 is 1.71 bits per heavy atom. The molecule has 1 aromatic carbocycles. The Bertz CT molecular complexity index is 485. The Kier molecular flexibility index (Phi) is 6.32. The molecule has 0 bridgehead atoms. The molecule has 1 N–H and O–H groups in total. The molecule has 0 amide bonds. The average Bonchev–Trinajstić information content (AvgIpc) is 2.45. The summed E-state index contributed by atoms with van der Waals surface area (Å²) in [5, 5.41) is 8.71. The van der Waals surface area contributed by atoms with Crippen LogP contribution in [0.25, 0.3) is 0 Å². The van der Waals surface area contributed by atoms with E-state index >= 15 is 0 Å². The molecule has 0 aliphatic heterocycles. The van der Waals surface area contributed by atoms with Gasteiger partial charge in [-0.15, -0.1) is 0 Å². The fourth-order valence-corrected chi connectivity index (χ4v) is 1.66. The van der Waals surface area contributed by atoms with Gasteiger partial charge in [0.15, 0.2) is 11.5 Å². The highest BCUT2D eigenvalue weighted by molar-refractivity contribution is 5.69. The number of hydrogen-bond acceptors (Lipinski definition) is 6. The number of carbonyl (C=O) groups is 2. The van der Waals surface area contributed by atoms with Crippen LogP contribution < -0.4 is 14.2 Å². The van der Waals surface area contributed by atoms with E-state index in [1.54, 1.807) is 19.1 Å². The Morgan fingerprint density at radius 1 is 1.14 bits per heavy atom. The summed E-state index contributed by atoms with van der Waals surface area (Å²) in [6.07, 6.45) is -0.584. The van der Waals surface area contributed by atoms with Crippen LogP contribution in [0.5, 0.6) is 17.2 Å². The molecule has 0 saturated carbocycles. The molecule has 7 heteroatoms. The second-order valence-corrected chi connectivity index (χ2v) is 4.01. The zero-order valence-electron chi connectivity index (χ0n) is 12.2. The minimum atomic E-state index is -0.903. The molecule has 0 heterocycles. The van der Waals surface area contributed by atoms with Crippen molar-refractivity contribution in [3.05, 3.63) is 17.7 Å².